The SMILES string of the molecule is C#CCNc1ccc(C(=O)NCCCO)cc1. The number of hydrogen-bond donors (Lipinski definition) is 3. The molecule has 0 atom stereocenters. The van der Waals surface area contributed by atoms with Gasteiger partial charge < -0.3 is 15.7 Å². The molecule has 3 N–H and O–H groups in total. The Labute approximate surface area is 101 Å². The number of nitrogens with one attached hydrogen (secondary N) is 2. The molecule has 0 aromatic heterocycles. The van der Waals surface area contributed by atoms with Gasteiger partial charge in [0, 0.05) is 24.4 Å². The first-order chi connectivity index (χ1) is 8.27. The standard InChI is InChI=1S/C13H16N2O2/c1-2-8-14-12-6-4-11(5-7-12)13(17)15-9-3-10-16/h1,4-7,14,16H,3,8-10H2,(H,15,17). The highest BCUT2D eigenvalue weighted by Gasteiger charge is 2.03. The molecule has 1 aromatic rings. The van der Waals surface area contributed by atoms with Gasteiger partial charge in [0.25, 0.3) is 5.91 Å². The third-order valence-corrected chi connectivity index (χ3v) is 2.16. The molecule has 0 aliphatic heterocycles. The minimum atomic E-state index is -0.137. The van der Waals surface area contributed by atoms with E-state index in [4.69, 9.17) is 11.5 Å². The zero-order valence-electron chi connectivity index (χ0n) is 9.57. The van der Waals surface area contributed by atoms with Gasteiger partial charge in [-0.3, -0.25) is 4.79 Å². The predicted octanol–water partition coefficient (Wildman–Crippen LogP) is 0.844. The first kappa shape index (κ1) is 13.1. The molecule has 0 bridgehead atoms. The van der Waals surface area contributed by atoms with Gasteiger partial charge in [0.15, 0.2) is 0 Å². The lowest BCUT2D eigenvalue weighted by Gasteiger charge is -2.06. The van der Waals surface area contributed by atoms with E-state index in [1.54, 1.807) is 24.3 Å². The number of carbonyl (C=O) groups is 1. The van der Waals surface area contributed by atoms with Crippen LogP contribution in [0.15, 0.2) is 24.3 Å². The molecule has 0 saturated carbocycles. The van der Waals surface area contributed by atoms with Gasteiger partial charge in [0.05, 0.1) is 6.54 Å². The van der Waals surface area contributed by atoms with Crippen molar-refractivity contribution in [3.05, 3.63) is 29.8 Å². The molecule has 4 heteroatoms. The lowest BCUT2D eigenvalue weighted by molar-refractivity contribution is 0.0951. The van der Waals surface area contributed by atoms with Crippen LogP contribution in [-0.2, 0) is 0 Å². The molecule has 4 nitrogen and oxygen atoms in total. The van der Waals surface area contributed by atoms with E-state index in [1.807, 2.05) is 0 Å². The number of aliphatic hydroxyl groups excluding tert-OH is 1. The van der Waals surface area contributed by atoms with Gasteiger partial charge in [-0.1, -0.05) is 5.92 Å². The number of carbonyl (C=O) groups excluding carboxylic acids is 1. The molecule has 0 heterocycles. The zero-order valence-corrected chi connectivity index (χ0v) is 9.57. The van der Waals surface area contributed by atoms with E-state index in [0.717, 1.165) is 5.69 Å². The quantitative estimate of drug-likeness (QED) is 0.503. The Morgan fingerprint density at radius 2 is 2.06 bits per heavy atom. The van der Waals surface area contributed by atoms with Crippen LogP contribution in [0.2, 0.25) is 0 Å². The van der Waals surface area contributed by atoms with Crippen LogP contribution in [0, 0.1) is 12.3 Å². The Kier molecular flexibility index (Phi) is 5.62. The predicted molar refractivity (Wildman–Crippen MR) is 67.8 cm³/mol. The fourth-order valence-corrected chi connectivity index (χ4v) is 1.28. The maximum Gasteiger partial charge on any atom is 0.251 e. The minimum Gasteiger partial charge on any atom is -0.396 e. The molecule has 1 amide bonds. The number of hydrogen-bond acceptors (Lipinski definition) is 3. The molecule has 1 aromatic carbocycles. The van der Waals surface area contributed by atoms with E-state index in [2.05, 4.69) is 16.6 Å². The van der Waals surface area contributed by atoms with Gasteiger partial charge in [0.2, 0.25) is 0 Å². The van der Waals surface area contributed by atoms with Gasteiger partial charge in [-0.05, 0) is 30.7 Å². The molecular formula is C13H16N2O2. The highest BCUT2D eigenvalue weighted by atomic mass is 16.3. The molecule has 0 spiro atoms. The van der Waals surface area contributed by atoms with Crippen molar-refractivity contribution in [3.63, 3.8) is 0 Å². The normalized spacial score (nSPS) is 9.41. The maximum atomic E-state index is 11.6. The summed E-state index contributed by atoms with van der Waals surface area (Å²) in [7, 11) is 0. The molecular weight excluding hydrogens is 216 g/mol. The molecule has 0 aliphatic carbocycles. The van der Waals surface area contributed by atoms with Crippen molar-refractivity contribution < 1.29 is 9.90 Å². The van der Waals surface area contributed by atoms with Crippen LogP contribution in [0.25, 0.3) is 0 Å². The molecule has 0 aliphatic rings. The van der Waals surface area contributed by atoms with Crippen LogP contribution in [0.5, 0.6) is 0 Å². The lowest BCUT2D eigenvalue weighted by Crippen LogP contribution is -2.24. The van der Waals surface area contributed by atoms with Gasteiger partial charge in [-0.25, -0.2) is 0 Å². The molecule has 1 rings (SSSR count). The number of terminal acetylenes is 1. The summed E-state index contributed by atoms with van der Waals surface area (Å²) in [4.78, 5) is 11.6. The largest absolute Gasteiger partial charge is 0.396 e. The number of amides is 1. The van der Waals surface area contributed by atoms with E-state index >= 15 is 0 Å². The fourth-order valence-electron chi connectivity index (χ4n) is 1.28. The van der Waals surface area contributed by atoms with Crippen molar-refractivity contribution in [2.24, 2.45) is 0 Å². The summed E-state index contributed by atoms with van der Waals surface area (Å²) in [6.45, 7) is 1.02. The van der Waals surface area contributed by atoms with Crippen molar-refractivity contribution >= 4 is 11.6 Å². The van der Waals surface area contributed by atoms with Crippen LogP contribution in [-0.4, -0.2) is 30.7 Å². The number of rotatable bonds is 6. The van der Waals surface area contributed by atoms with Crippen LogP contribution in [0.1, 0.15) is 16.8 Å². The van der Waals surface area contributed by atoms with Crippen molar-refractivity contribution in [3.8, 4) is 12.3 Å². The Bertz CT molecular complexity index is 393. The summed E-state index contributed by atoms with van der Waals surface area (Å²) in [6.07, 6.45) is 5.69. The Morgan fingerprint density at radius 1 is 1.35 bits per heavy atom. The highest BCUT2D eigenvalue weighted by molar-refractivity contribution is 5.94. The van der Waals surface area contributed by atoms with E-state index in [1.165, 1.54) is 0 Å². The minimum absolute atomic E-state index is 0.0786. The second kappa shape index (κ2) is 7.31. The lowest BCUT2D eigenvalue weighted by atomic mass is 10.2. The van der Waals surface area contributed by atoms with E-state index < -0.39 is 0 Å². The van der Waals surface area contributed by atoms with Gasteiger partial charge >= 0.3 is 0 Å². The zero-order chi connectivity index (χ0) is 12.5. The van der Waals surface area contributed by atoms with Crippen molar-refractivity contribution in [2.75, 3.05) is 25.0 Å². The molecule has 17 heavy (non-hydrogen) atoms. The van der Waals surface area contributed by atoms with Gasteiger partial charge in [-0.15, -0.1) is 6.42 Å². The number of anilines is 1. The average molecular weight is 232 g/mol. The molecule has 90 valence electrons. The van der Waals surface area contributed by atoms with E-state index in [0.29, 0.717) is 25.1 Å². The smallest absolute Gasteiger partial charge is 0.251 e. The van der Waals surface area contributed by atoms with Crippen LogP contribution in [0.4, 0.5) is 5.69 Å². The van der Waals surface area contributed by atoms with Crippen molar-refractivity contribution in [2.45, 2.75) is 6.42 Å². The summed E-state index contributed by atoms with van der Waals surface area (Å²) in [5.41, 5.74) is 1.48. The first-order valence-corrected chi connectivity index (χ1v) is 5.44. The van der Waals surface area contributed by atoms with Crippen LogP contribution >= 0.6 is 0 Å². The molecule has 0 fully saturated rings. The summed E-state index contributed by atoms with van der Waals surface area (Å²) in [5, 5.41) is 14.3. The average Bonchev–Trinajstić information content (AvgIpc) is 2.37. The topological polar surface area (TPSA) is 61.4 Å². The summed E-state index contributed by atoms with van der Waals surface area (Å²) >= 11 is 0. The number of aliphatic hydroxyl groups is 1. The van der Waals surface area contributed by atoms with Crippen LogP contribution < -0.4 is 10.6 Å². The van der Waals surface area contributed by atoms with E-state index in [9.17, 15) is 4.79 Å². The molecule has 0 saturated heterocycles. The van der Waals surface area contributed by atoms with Crippen molar-refractivity contribution in [1.82, 2.24) is 5.32 Å². The monoisotopic (exact) mass is 232 g/mol. The third kappa shape index (κ3) is 4.58. The fraction of sp³-hybridized carbons (Fsp3) is 0.308. The molecule has 0 radical (unpaired) electrons. The summed E-state index contributed by atoms with van der Waals surface area (Å²) in [5.74, 6) is 2.34. The third-order valence-electron chi connectivity index (χ3n) is 2.16. The van der Waals surface area contributed by atoms with E-state index in [-0.39, 0.29) is 12.5 Å². The van der Waals surface area contributed by atoms with Gasteiger partial charge in [-0.2, -0.15) is 0 Å². The first-order valence-electron chi connectivity index (χ1n) is 5.44. The Hall–Kier alpha value is -1.99. The Balaban J connectivity index is 2.49. The number of benzene rings is 1. The highest BCUT2D eigenvalue weighted by Crippen LogP contribution is 2.08. The second-order valence-electron chi connectivity index (χ2n) is 3.47. The van der Waals surface area contributed by atoms with Gasteiger partial charge in [0.1, 0.15) is 0 Å². The Morgan fingerprint density at radius 3 is 2.65 bits per heavy atom. The maximum absolute atomic E-state index is 11.6. The second-order valence-corrected chi connectivity index (χ2v) is 3.47. The summed E-state index contributed by atoms with van der Waals surface area (Å²) in [6, 6.07) is 7.07. The van der Waals surface area contributed by atoms with Crippen LogP contribution in [0.3, 0.4) is 0 Å². The summed E-state index contributed by atoms with van der Waals surface area (Å²) < 4.78 is 0. The molecule has 0 unspecified atom stereocenters. The van der Waals surface area contributed by atoms with Crippen molar-refractivity contribution in [1.29, 1.82) is 0 Å².